The minimum atomic E-state index is -3.39. The number of piperidine rings is 1. The smallest absolute Gasteiger partial charge is 0.281 e. The van der Waals surface area contributed by atoms with Gasteiger partial charge < -0.3 is 9.84 Å². The standard InChI is InChI=1S/C19H25ClN4O4S/c1-13-17(18(22-28-13)15-6-4-5-7-16(15)20)19(25)21-12-14-8-10-24(11-9-14)29(26,27)23(2)3/h4-7,14H,8-12H2,1-3H3,(H,21,25). The van der Waals surface area contributed by atoms with Gasteiger partial charge >= 0.3 is 0 Å². The number of amides is 1. The lowest BCUT2D eigenvalue weighted by Gasteiger charge is -2.32. The molecule has 1 N–H and O–H groups in total. The number of hydrogen-bond acceptors (Lipinski definition) is 5. The van der Waals surface area contributed by atoms with Gasteiger partial charge in [0.2, 0.25) is 0 Å². The summed E-state index contributed by atoms with van der Waals surface area (Å²) in [6.07, 6.45) is 1.38. The molecule has 0 unspecified atom stereocenters. The Morgan fingerprint density at radius 2 is 1.97 bits per heavy atom. The van der Waals surface area contributed by atoms with E-state index in [0.717, 1.165) is 0 Å². The highest BCUT2D eigenvalue weighted by atomic mass is 35.5. The highest BCUT2D eigenvalue weighted by Crippen LogP contribution is 2.31. The average molecular weight is 441 g/mol. The molecule has 10 heteroatoms. The molecule has 1 aliphatic heterocycles. The highest BCUT2D eigenvalue weighted by Gasteiger charge is 2.30. The number of aryl methyl sites for hydroxylation is 1. The van der Waals surface area contributed by atoms with E-state index in [0.29, 0.717) is 60.1 Å². The summed E-state index contributed by atoms with van der Waals surface area (Å²) in [4.78, 5) is 12.8. The number of nitrogens with zero attached hydrogens (tertiary/aromatic N) is 3. The molecule has 0 bridgehead atoms. The quantitative estimate of drug-likeness (QED) is 0.744. The summed E-state index contributed by atoms with van der Waals surface area (Å²) in [5.41, 5.74) is 1.42. The van der Waals surface area contributed by atoms with E-state index >= 15 is 0 Å². The number of halogens is 1. The third kappa shape index (κ3) is 4.63. The van der Waals surface area contributed by atoms with Crippen molar-refractivity contribution in [3.05, 3.63) is 40.6 Å². The molecule has 158 valence electrons. The Morgan fingerprint density at radius 1 is 1.31 bits per heavy atom. The van der Waals surface area contributed by atoms with Crippen molar-refractivity contribution in [1.82, 2.24) is 19.1 Å². The Balaban J connectivity index is 1.63. The van der Waals surface area contributed by atoms with Crippen LogP contribution in [-0.2, 0) is 10.2 Å². The SMILES string of the molecule is Cc1onc(-c2ccccc2Cl)c1C(=O)NCC1CCN(S(=O)(=O)N(C)C)CC1. The lowest BCUT2D eigenvalue weighted by atomic mass is 9.98. The van der Waals surface area contributed by atoms with Crippen LogP contribution in [0.1, 0.15) is 29.0 Å². The Morgan fingerprint density at radius 3 is 2.59 bits per heavy atom. The fourth-order valence-electron chi connectivity index (χ4n) is 3.38. The van der Waals surface area contributed by atoms with Crippen LogP contribution in [-0.4, -0.2) is 61.8 Å². The van der Waals surface area contributed by atoms with Gasteiger partial charge in [0.25, 0.3) is 16.1 Å². The molecule has 1 aliphatic rings. The number of aromatic nitrogens is 1. The van der Waals surface area contributed by atoms with Crippen LogP contribution in [0.5, 0.6) is 0 Å². The second kappa shape index (κ2) is 8.83. The van der Waals surface area contributed by atoms with Gasteiger partial charge in [-0.2, -0.15) is 17.0 Å². The molecule has 1 amide bonds. The summed E-state index contributed by atoms with van der Waals surface area (Å²) in [7, 11) is -0.335. The zero-order valence-corrected chi connectivity index (χ0v) is 18.3. The first-order valence-electron chi connectivity index (χ1n) is 9.38. The summed E-state index contributed by atoms with van der Waals surface area (Å²) < 4.78 is 32.4. The predicted octanol–water partition coefficient (Wildman–Crippen LogP) is 2.55. The number of benzene rings is 1. The van der Waals surface area contributed by atoms with Crippen molar-refractivity contribution in [3.63, 3.8) is 0 Å². The van der Waals surface area contributed by atoms with Crippen LogP contribution in [0.25, 0.3) is 11.3 Å². The first-order chi connectivity index (χ1) is 13.7. The Labute approximate surface area is 176 Å². The number of rotatable bonds is 6. The molecule has 2 heterocycles. The van der Waals surface area contributed by atoms with Gasteiger partial charge in [-0.3, -0.25) is 4.79 Å². The van der Waals surface area contributed by atoms with Gasteiger partial charge in [0.15, 0.2) is 0 Å². The van der Waals surface area contributed by atoms with Crippen LogP contribution in [0.15, 0.2) is 28.8 Å². The second-order valence-electron chi connectivity index (χ2n) is 7.28. The Hall–Kier alpha value is -1.94. The fourth-order valence-corrected chi connectivity index (χ4v) is 4.74. The van der Waals surface area contributed by atoms with Crippen LogP contribution in [0, 0.1) is 12.8 Å². The van der Waals surface area contributed by atoms with Crippen molar-refractivity contribution in [2.24, 2.45) is 5.92 Å². The van der Waals surface area contributed by atoms with Gasteiger partial charge in [-0.1, -0.05) is 35.0 Å². The molecule has 3 rings (SSSR count). The number of carbonyl (C=O) groups is 1. The molecule has 29 heavy (non-hydrogen) atoms. The van der Waals surface area contributed by atoms with E-state index < -0.39 is 10.2 Å². The van der Waals surface area contributed by atoms with Crippen molar-refractivity contribution < 1.29 is 17.7 Å². The molecule has 0 radical (unpaired) electrons. The minimum absolute atomic E-state index is 0.205. The molecular weight excluding hydrogens is 416 g/mol. The van der Waals surface area contributed by atoms with Crippen molar-refractivity contribution in [2.45, 2.75) is 19.8 Å². The van der Waals surface area contributed by atoms with Crippen LogP contribution >= 0.6 is 11.6 Å². The molecule has 2 aromatic rings. The third-order valence-corrected chi connectivity index (χ3v) is 7.40. The summed E-state index contributed by atoms with van der Waals surface area (Å²) in [6.45, 7) is 3.03. The molecule has 1 fully saturated rings. The molecule has 1 aromatic heterocycles. The van der Waals surface area contributed by atoms with E-state index in [1.807, 2.05) is 6.07 Å². The largest absolute Gasteiger partial charge is 0.360 e. The number of nitrogens with one attached hydrogen (secondary N) is 1. The molecular formula is C19H25ClN4O4S. The van der Waals surface area contributed by atoms with Crippen LogP contribution in [0.3, 0.4) is 0 Å². The van der Waals surface area contributed by atoms with Gasteiger partial charge in [-0.05, 0) is 31.7 Å². The summed E-state index contributed by atoms with van der Waals surface area (Å²) in [6, 6.07) is 7.15. The molecule has 0 saturated carbocycles. The van der Waals surface area contributed by atoms with E-state index in [-0.39, 0.29) is 11.8 Å². The van der Waals surface area contributed by atoms with Gasteiger partial charge in [0.1, 0.15) is 17.0 Å². The summed E-state index contributed by atoms with van der Waals surface area (Å²) in [5, 5.41) is 7.45. The van der Waals surface area contributed by atoms with Crippen molar-refractivity contribution >= 4 is 27.7 Å². The molecule has 0 spiro atoms. The molecule has 0 aliphatic carbocycles. The van der Waals surface area contributed by atoms with Gasteiger partial charge in [-0.15, -0.1) is 0 Å². The Bertz CT molecular complexity index is 982. The monoisotopic (exact) mass is 440 g/mol. The highest BCUT2D eigenvalue weighted by molar-refractivity contribution is 7.86. The van der Waals surface area contributed by atoms with Crippen LogP contribution in [0.2, 0.25) is 5.02 Å². The van der Waals surface area contributed by atoms with E-state index in [1.165, 1.54) is 22.7 Å². The first-order valence-corrected chi connectivity index (χ1v) is 11.2. The number of carbonyl (C=O) groups excluding carboxylic acids is 1. The van der Waals surface area contributed by atoms with Gasteiger partial charge in [0.05, 0.1) is 5.02 Å². The van der Waals surface area contributed by atoms with Crippen LogP contribution in [0.4, 0.5) is 0 Å². The first kappa shape index (κ1) is 21.8. The van der Waals surface area contributed by atoms with Crippen LogP contribution < -0.4 is 5.32 Å². The average Bonchev–Trinajstić information content (AvgIpc) is 3.08. The van der Waals surface area contributed by atoms with Crippen molar-refractivity contribution in [3.8, 4) is 11.3 Å². The lowest BCUT2D eigenvalue weighted by Crippen LogP contribution is -2.45. The lowest BCUT2D eigenvalue weighted by molar-refractivity contribution is 0.0940. The summed E-state index contributed by atoms with van der Waals surface area (Å²) >= 11 is 6.25. The van der Waals surface area contributed by atoms with Crippen molar-refractivity contribution in [2.75, 3.05) is 33.7 Å². The summed E-state index contributed by atoms with van der Waals surface area (Å²) in [5.74, 6) is 0.350. The fraction of sp³-hybridized carbons (Fsp3) is 0.474. The van der Waals surface area contributed by atoms with E-state index in [2.05, 4.69) is 10.5 Å². The zero-order chi connectivity index (χ0) is 21.2. The second-order valence-corrected chi connectivity index (χ2v) is 9.83. The normalized spacial score (nSPS) is 16.3. The maximum atomic E-state index is 12.8. The zero-order valence-electron chi connectivity index (χ0n) is 16.7. The minimum Gasteiger partial charge on any atom is -0.360 e. The molecule has 1 aromatic carbocycles. The van der Waals surface area contributed by atoms with E-state index in [1.54, 1.807) is 25.1 Å². The van der Waals surface area contributed by atoms with Crippen molar-refractivity contribution in [1.29, 1.82) is 0 Å². The molecule has 8 nitrogen and oxygen atoms in total. The molecule has 0 atom stereocenters. The number of hydrogen-bond donors (Lipinski definition) is 1. The topological polar surface area (TPSA) is 95.7 Å². The predicted molar refractivity (Wildman–Crippen MR) is 111 cm³/mol. The van der Waals surface area contributed by atoms with Gasteiger partial charge in [0, 0.05) is 39.3 Å². The maximum absolute atomic E-state index is 12.8. The molecule has 1 saturated heterocycles. The Kier molecular flexibility index (Phi) is 6.62. The van der Waals surface area contributed by atoms with Gasteiger partial charge in [-0.25, -0.2) is 0 Å². The maximum Gasteiger partial charge on any atom is 0.281 e. The van der Waals surface area contributed by atoms with E-state index in [4.69, 9.17) is 16.1 Å². The van der Waals surface area contributed by atoms with E-state index in [9.17, 15) is 13.2 Å². The third-order valence-electron chi connectivity index (χ3n) is 5.13.